The number of halogens is 1. The Labute approximate surface area is 196 Å². The van der Waals surface area contributed by atoms with Crippen molar-refractivity contribution in [2.45, 2.75) is 18.2 Å². The van der Waals surface area contributed by atoms with Crippen molar-refractivity contribution in [1.29, 1.82) is 0 Å². The van der Waals surface area contributed by atoms with E-state index in [0.29, 0.717) is 29.1 Å². The van der Waals surface area contributed by atoms with E-state index in [0.717, 1.165) is 16.7 Å². The minimum atomic E-state index is -0.00116. The summed E-state index contributed by atoms with van der Waals surface area (Å²) in [5.41, 5.74) is 2.96. The second kappa shape index (κ2) is 10.3. The zero-order valence-corrected chi connectivity index (χ0v) is 18.8. The summed E-state index contributed by atoms with van der Waals surface area (Å²) in [6.45, 7) is 1.06. The van der Waals surface area contributed by atoms with Gasteiger partial charge in [0, 0.05) is 23.7 Å². The number of nitrogens with zero attached hydrogens (tertiary/aromatic N) is 4. The third kappa shape index (κ3) is 5.49. The van der Waals surface area contributed by atoms with E-state index in [-0.39, 0.29) is 11.7 Å². The summed E-state index contributed by atoms with van der Waals surface area (Å²) in [6, 6.07) is 27.1. The van der Waals surface area contributed by atoms with Crippen LogP contribution in [0.15, 0.2) is 90.1 Å². The Hall–Kier alpha value is -3.29. The number of carbonyl (C=O) groups excluding carboxylic acids is 1. The van der Waals surface area contributed by atoms with Gasteiger partial charge in [0.25, 0.3) is 0 Å². The second-order valence-corrected chi connectivity index (χ2v) is 8.57. The average Bonchev–Trinajstić information content (AvgIpc) is 3.19. The topological polar surface area (TPSA) is 77.0 Å². The monoisotopic (exact) mass is 463 g/mol. The van der Waals surface area contributed by atoms with Gasteiger partial charge < -0.3 is 10.7 Å². The van der Waals surface area contributed by atoms with Crippen LogP contribution < -0.4 is 5.84 Å². The van der Waals surface area contributed by atoms with Crippen LogP contribution in [0.1, 0.15) is 11.1 Å². The standard InChI is InChI=1S/C24H22ClN5OS/c25-21-13-11-20(12-14-21)23-27-28-24(30(23)26)32-17-22(31)29(15-18-7-3-1-4-8-18)16-19-9-5-2-6-10-19/h1-14H,15-17,26H2. The van der Waals surface area contributed by atoms with Crippen molar-refractivity contribution in [2.24, 2.45) is 0 Å². The van der Waals surface area contributed by atoms with Crippen molar-refractivity contribution in [3.8, 4) is 11.4 Å². The smallest absolute Gasteiger partial charge is 0.233 e. The first-order valence-corrected chi connectivity index (χ1v) is 11.4. The summed E-state index contributed by atoms with van der Waals surface area (Å²) in [4.78, 5) is 15.0. The largest absolute Gasteiger partial charge is 0.335 e. The molecule has 0 atom stereocenters. The molecule has 0 spiro atoms. The van der Waals surface area contributed by atoms with Gasteiger partial charge in [-0.3, -0.25) is 4.79 Å². The van der Waals surface area contributed by atoms with Crippen molar-refractivity contribution in [2.75, 3.05) is 11.6 Å². The number of aromatic nitrogens is 3. The van der Waals surface area contributed by atoms with Crippen molar-refractivity contribution in [3.63, 3.8) is 0 Å². The number of nitrogens with two attached hydrogens (primary N) is 1. The van der Waals surface area contributed by atoms with Gasteiger partial charge in [-0.25, -0.2) is 4.68 Å². The Kier molecular flexibility index (Phi) is 7.09. The molecule has 0 aliphatic rings. The van der Waals surface area contributed by atoms with Gasteiger partial charge in [-0.2, -0.15) is 0 Å². The Morgan fingerprint density at radius 3 is 2.00 bits per heavy atom. The third-order valence-corrected chi connectivity index (χ3v) is 6.06. The van der Waals surface area contributed by atoms with Gasteiger partial charge in [-0.05, 0) is 35.4 Å². The Bertz CT molecular complexity index is 1120. The zero-order valence-electron chi connectivity index (χ0n) is 17.3. The first kappa shape index (κ1) is 21.9. The van der Waals surface area contributed by atoms with Gasteiger partial charge in [-0.1, -0.05) is 84.0 Å². The average molecular weight is 464 g/mol. The molecular weight excluding hydrogens is 442 g/mol. The van der Waals surface area contributed by atoms with E-state index in [1.807, 2.05) is 77.7 Å². The fourth-order valence-electron chi connectivity index (χ4n) is 3.23. The fourth-order valence-corrected chi connectivity index (χ4v) is 4.11. The van der Waals surface area contributed by atoms with E-state index in [9.17, 15) is 4.79 Å². The third-order valence-electron chi connectivity index (χ3n) is 4.88. The van der Waals surface area contributed by atoms with Crippen LogP contribution in [0.3, 0.4) is 0 Å². The summed E-state index contributed by atoms with van der Waals surface area (Å²) in [5, 5.41) is 9.44. The van der Waals surface area contributed by atoms with E-state index in [2.05, 4.69) is 10.2 Å². The van der Waals surface area contributed by atoms with Crippen molar-refractivity contribution < 1.29 is 4.79 Å². The zero-order chi connectivity index (χ0) is 22.3. The molecule has 1 amide bonds. The van der Waals surface area contributed by atoms with E-state index in [4.69, 9.17) is 17.4 Å². The number of rotatable bonds is 8. The Balaban J connectivity index is 1.46. The summed E-state index contributed by atoms with van der Waals surface area (Å²) in [7, 11) is 0. The number of amides is 1. The molecular formula is C24H22ClN5OS. The van der Waals surface area contributed by atoms with Crippen molar-refractivity contribution in [3.05, 3.63) is 101 Å². The summed E-state index contributed by atoms with van der Waals surface area (Å²) in [6.07, 6.45) is 0. The molecule has 0 radical (unpaired) electrons. The SMILES string of the molecule is Nn1c(SCC(=O)N(Cc2ccccc2)Cc2ccccc2)nnc1-c1ccc(Cl)cc1. The molecule has 4 aromatic rings. The first-order chi connectivity index (χ1) is 15.6. The highest BCUT2D eigenvalue weighted by atomic mass is 35.5. The van der Waals surface area contributed by atoms with Crippen LogP contribution >= 0.6 is 23.4 Å². The second-order valence-electron chi connectivity index (χ2n) is 7.19. The molecule has 6 nitrogen and oxygen atoms in total. The number of thioether (sulfide) groups is 1. The lowest BCUT2D eigenvalue weighted by atomic mass is 10.1. The molecule has 0 saturated heterocycles. The predicted molar refractivity (Wildman–Crippen MR) is 128 cm³/mol. The number of hydrogen-bond donors (Lipinski definition) is 1. The molecule has 2 N–H and O–H groups in total. The van der Waals surface area contributed by atoms with Gasteiger partial charge in [0.2, 0.25) is 11.1 Å². The van der Waals surface area contributed by atoms with E-state index in [1.165, 1.54) is 16.4 Å². The predicted octanol–water partition coefficient (Wildman–Crippen LogP) is 4.63. The first-order valence-electron chi connectivity index (χ1n) is 10.0. The van der Waals surface area contributed by atoms with Crippen LogP contribution in [0.5, 0.6) is 0 Å². The normalized spacial score (nSPS) is 10.8. The fraction of sp³-hybridized carbons (Fsp3) is 0.125. The molecule has 1 heterocycles. The summed E-state index contributed by atoms with van der Waals surface area (Å²) >= 11 is 7.22. The van der Waals surface area contributed by atoms with Crippen LogP contribution in [-0.2, 0) is 17.9 Å². The molecule has 0 saturated carbocycles. The minimum Gasteiger partial charge on any atom is -0.335 e. The number of nitrogen functional groups attached to an aromatic ring is 1. The van der Waals surface area contributed by atoms with Gasteiger partial charge >= 0.3 is 0 Å². The molecule has 4 rings (SSSR count). The molecule has 32 heavy (non-hydrogen) atoms. The Morgan fingerprint density at radius 1 is 0.875 bits per heavy atom. The van der Waals surface area contributed by atoms with E-state index >= 15 is 0 Å². The Morgan fingerprint density at radius 2 is 1.44 bits per heavy atom. The van der Waals surface area contributed by atoms with Crippen LogP contribution in [0.25, 0.3) is 11.4 Å². The van der Waals surface area contributed by atoms with Crippen LogP contribution in [0.4, 0.5) is 0 Å². The minimum absolute atomic E-state index is 0.00116. The number of carbonyl (C=O) groups is 1. The maximum Gasteiger partial charge on any atom is 0.233 e. The molecule has 8 heteroatoms. The molecule has 0 unspecified atom stereocenters. The lowest BCUT2D eigenvalue weighted by Gasteiger charge is -2.23. The molecule has 3 aromatic carbocycles. The quantitative estimate of drug-likeness (QED) is 0.304. The molecule has 0 bridgehead atoms. The van der Waals surface area contributed by atoms with E-state index in [1.54, 1.807) is 12.1 Å². The summed E-state index contributed by atoms with van der Waals surface area (Å²) < 4.78 is 1.40. The lowest BCUT2D eigenvalue weighted by Crippen LogP contribution is -2.31. The van der Waals surface area contributed by atoms with Crippen molar-refractivity contribution in [1.82, 2.24) is 19.8 Å². The highest BCUT2D eigenvalue weighted by Crippen LogP contribution is 2.23. The maximum absolute atomic E-state index is 13.1. The van der Waals surface area contributed by atoms with Gasteiger partial charge in [0.05, 0.1) is 5.75 Å². The highest BCUT2D eigenvalue weighted by Gasteiger charge is 2.18. The molecule has 0 fully saturated rings. The summed E-state index contributed by atoms with van der Waals surface area (Å²) in [5.74, 6) is 6.91. The molecule has 0 aliphatic heterocycles. The maximum atomic E-state index is 13.1. The van der Waals surface area contributed by atoms with E-state index < -0.39 is 0 Å². The van der Waals surface area contributed by atoms with Gasteiger partial charge in [0.15, 0.2) is 5.82 Å². The highest BCUT2D eigenvalue weighted by molar-refractivity contribution is 7.99. The molecule has 0 aliphatic carbocycles. The lowest BCUT2D eigenvalue weighted by molar-refractivity contribution is -0.129. The van der Waals surface area contributed by atoms with Crippen LogP contribution in [-0.4, -0.2) is 31.4 Å². The van der Waals surface area contributed by atoms with Crippen LogP contribution in [0.2, 0.25) is 5.02 Å². The number of hydrogen-bond acceptors (Lipinski definition) is 5. The van der Waals surface area contributed by atoms with Crippen molar-refractivity contribution >= 4 is 29.3 Å². The van der Waals surface area contributed by atoms with Gasteiger partial charge in [0.1, 0.15) is 0 Å². The number of benzene rings is 3. The molecule has 1 aromatic heterocycles. The molecule has 162 valence electrons. The van der Waals surface area contributed by atoms with Gasteiger partial charge in [-0.15, -0.1) is 10.2 Å². The van der Waals surface area contributed by atoms with Crippen LogP contribution in [0, 0.1) is 0 Å².